The summed E-state index contributed by atoms with van der Waals surface area (Å²) in [6.45, 7) is 0.438. The maximum atomic E-state index is 12.8. The molecule has 0 spiro atoms. The molecule has 3 aliphatic rings. The van der Waals surface area contributed by atoms with E-state index in [2.05, 4.69) is 34.9 Å². The number of amides is 2. The van der Waals surface area contributed by atoms with Crippen LogP contribution in [-0.4, -0.2) is 42.3 Å². The predicted molar refractivity (Wildman–Crippen MR) is 131 cm³/mol. The molecule has 3 N–H and O–H groups in total. The van der Waals surface area contributed by atoms with E-state index in [0.29, 0.717) is 12.8 Å². The zero-order chi connectivity index (χ0) is 24.4. The molecule has 2 fully saturated rings. The molecule has 0 aromatic heterocycles. The normalized spacial score (nSPS) is 21.9. The number of rotatable bonds is 8. The molecule has 2 aromatic rings. The molecule has 184 valence electrons. The fourth-order valence-electron chi connectivity index (χ4n) is 5.63. The van der Waals surface area contributed by atoms with Crippen LogP contribution in [0.15, 0.2) is 48.5 Å². The van der Waals surface area contributed by atoms with E-state index in [1.807, 2.05) is 24.3 Å². The number of nitrogens with one attached hydrogen (secondary N) is 2. The van der Waals surface area contributed by atoms with Gasteiger partial charge in [-0.1, -0.05) is 61.4 Å². The van der Waals surface area contributed by atoms with Gasteiger partial charge in [-0.2, -0.15) is 0 Å². The van der Waals surface area contributed by atoms with E-state index in [0.717, 1.165) is 25.7 Å². The second-order valence-electron chi connectivity index (χ2n) is 10.2. The second-order valence-corrected chi connectivity index (χ2v) is 10.2. The molecule has 2 amide bonds. The summed E-state index contributed by atoms with van der Waals surface area (Å²) in [5.41, 5.74) is 3.94. The third kappa shape index (κ3) is 4.90. The van der Waals surface area contributed by atoms with Crippen molar-refractivity contribution in [3.8, 4) is 11.1 Å². The molecule has 35 heavy (non-hydrogen) atoms. The molecule has 7 nitrogen and oxygen atoms in total. The SMILES string of the molecule is O=C(CC1CCCCC1NC(=O)OCC1c2ccccc2-c2ccccc21)NCC1(C(=O)O)CC1. The van der Waals surface area contributed by atoms with Gasteiger partial charge in [0.2, 0.25) is 5.91 Å². The van der Waals surface area contributed by atoms with Crippen molar-refractivity contribution in [2.45, 2.75) is 56.9 Å². The highest BCUT2D eigenvalue weighted by molar-refractivity contribution is 5.81. The lowest BCUT2D eigenvalue weighted by atomic mass is 9.82. The molecule has 0 radical (unpaired) electrons. The van der Waals surface area contributed by atoms with Gasteiger partial charge in [0.15, 0.2) is 0 Å². The molecular weight excluding hydrogens is 444 g/mol. The lowest BCUT2D eigenvalue weighted by Gasteiger charge is -2.31. The molecule has 5 rings (SSSR count). The highest BCUT2D eigenvalue weighted by atomic mass is 16.5. The number of aliphatic carboxylic acids is 1. The number of carbonyl (C=O) groups excluding carboxylic acids is 2. The molecule has 0 bridgehead atoms. The first-order valence-electron chi connectivity index (χ1n) is 12.6. The Balaban J connectivity index is 1.15. The lowest BCUT2D eigenvalue weighted by Crippen LogP contribution is -2.45. The first kappa shape index (κ1) is 23.4. The van der Waals surface area contributed by atoms with Crippen molar-refractivity contribution in [1.82, 2.24) is 10.6 Å². The summed E-state index contributed by atoms with van der Waals surface area (Å²) in [6, 6.07) is 16.3. The average molecular weight is 477 g/mol. The summed E-state index contributed by atoms with van der Waals surface area (Å²) in [7, 11) is 0. The van der Waals surface area contributed by atoms with Gasteiger partial charge in [0, 0.05) is 24.9 Å². The van der Waals surface area contributed by atoms with Crippen LogP contribution in [0.5, 0.6) is 0 Å². The van der Waals surface area contributed by atoms with Crippen LogP contribution >= 0.6 is 0 Å². The zero-order valence-corrected chi connectivity index (χ0v) is 19.8. The maximum absolute atomic E-state index is 12.8. The van der Waals surface area contributed by atoms with Gasteiger partial charge < -0.3 is 20.5 Å². The van der Waals surface area contributed by atoms with Crippen molar-refractivity contribution in [3.63, 3.8) is 0 Å². The highest BCUT2D eigenvalue weighted by Gasteiger charge is 2.50. The molecule has 0 aliphatic heterocycles. The fourth-order valence-corrected chi connectivity index (χ4v) is 5.63. The van der Waals surface area contributed by atoms with Crippen LogP contribution in [0, 0.1) is 11.3 Å². The first-order chi connectivity index (χ1) is 17.0. The second kappa shape index (κ2) is 9.72. The molecule has 2 unspecified atom stereocenters. The molecule has 0 heterocycles. The van der Waals surface area contributed by atoms with E-state index >= 15 is 0 Å². The van der Waals surface area contributed by atoms with Gasteiger partial charge in [0.25, 0.3) is 0 Å². The maximum Gasteiger partial charge on any atom is 0.407 e. The van der Waals surface area contributed by atoms with E-state index in [1.165, 1.54) is 22.3 Å². The largest absolute Gasteiger partial charge is 0.481 e. The Kier molecular flexibility index (Phi) is 6.50. The van der Waals surface area contributed by atoms with Crippen molar-refractivity contribution < 1.29 is 24.2 Å². The number of hydrogen-bond donors (Lipinski definition) is 3. The molecule has 2 aromatic carbocycles. The highest BCUT2D eigenvalue weighted by Crippen LogP contribution is 2.45. The van der Waals surface area contributed by atoms with E-state index in [4.69, 9.17) is 4.74 Å². The van der Waals surface area contributed by atoms with E-state index in [-0.39, 0.29) is 43.4 Å². The molecular formula is C28H32N2O5. The predicted octanol–water partition coefficient (Wildman–Crippen LogP) is 4.46. The van der Waals surface area contributed by atoms with Crippen LogP contribution in [0.25, 0.3) is 11.1 Å². The van der Waals surface area contributed by atoms with Gasteiger partial charge >= 0.3 is 12.1 Å². The lowest BCUT2D eigenvalue weighted by molar-refractivity contribution is -0.143. The minimum absolute atomic E-state index is 0.00469. The summed E-state index contributed by atoms with van der Waals surface area (Å²) in [4.78, 5) is 36.6. The minimum atomic E-state index is -0.842. The van der Waals surface area contributed by atoms with E-state index < -0.39 is 17.5 Å². The number of alkyl carbamates (subject to hydrolysis) is 1. The summed E-state index contributed by atoms with van der Waals surface area (Å²) >= 11 is 0. The number of ether oxygens (including phenoxy) is 1. The van der Waals surface area contributed by atoms with Crippen LogP contribution in [0.3, 0.4) is 0 Å². The third-order valence-corrected chi connectivity index (χ3v) is 7.93. The van der Waals surface area contributed by atoms with Crippen LogP contribution in [0.1, 0.15) is 62.0 Å². The van der Waals surface area contributed by atoms with Crippen LogP contribution in [0.2, 0.25) is 0 Å². The van der Waals surface area contributed by atoms with Crippen molar-refractivity contribution in [2.75, 3.05) is 13.2 Å². The number of hydrogen-bond acceptors (Lipinski definition) is 4. The van der Waals surface area contributed by atoms with E-state index in [1.54, 1.807) is 0 Å². The van der Waals surface area contributed by atoms with Gasteiger partial charge in [0.1, 0.15) is 6.61 Å². The Labute approximate surface area is 205 Å². The smallest absolute Gasteiger partial charge is 0.407 e. The van der Waals surface area contributed by atoms with Gasteiger partial charge in [-0.25, -0.2) is 4.79 Å². The van der Waals surface area contributed by atoms with Crippen LogP contribution < -0.4 is 10.6 Å². The molecule has 7 heteroatoms. The Hall–Kier alpha value is -3.35. The summed E-state index contributed by atoms with van der Waals surface area (Å²) < 4.78 is 5.71. The average Bonchev–Trinajstić information content (AvgIpc) is 3.60. The number of carboxylic acid groups (broad SMARTS) is 1. The first-order valence-corrected chi connectivity index (χ1v) is 12.6. The van der Waals surface area contributed by atoms with Crippen molar-refractivity contribution in [3.05, 3.63) is 59.7 Å². The number of fused-ring (bicyclic) bond motifs is 3. The van der Waals surface area contributed by atoms with Crippen LogP contribution in [0.4, 0.5) is 4.79 Å². The standard InChI is InChI=1S/C28H32N2O5/c31-25(29-17-28(13-14-28)26(32)33)15-18-7-1-6-12-24(18)30-27(34)35-16-23-21-10-4-2-8-19(21)20-9-3-5-11-22(20)23/h2-5,8-11,18,23-24H,1,6-7,12-17H2,(H,29,31)(H,30,34)(H,32,33). The van der Waals surface area contributed by atoms with Gasteiger partial charge in [0.05, 0.1) is 5.41 Å². The van der Waals surface area contributed by atoms with E-state index in [9.17, 15) is 19.5 Å². The van der Waals surface area contributed by atoms with Crippen molar-refractivity contribution >= 4 is 18.0 Å². The monoisotopic (exact) mass is 476 g/mol. The topological polar surface area (TPSA) is 105 Å². The molecule has 3 aliphatic carbocycles. The Morgan fingerprint density at radius 3 is 2.20 bits per heavy atom. The van der Waals surface area contributed by atoms with Crippen molar-refractivity contribution in [2.24, 2.45) is 11.3 Å². The minimum Gasteiger partial charge on any atom is -0.481 e. The Morgan fingerprint density at radius 1 is 0.943 bits per heavy atom. The number of carbonyl (C=O) groups is 3. The van der Waals surface area contributed by atoms with Crippen LogP contribution in [-0.2, 0) is 14.3 Å². The summed E-state index contributed by atoms with van der Waals surface area (Å²) in [5.74, 6) is -0.969. The van der Waals surface area contributed by atoms with Gasteiger partial charge in [-0.3, -0.25) is 9.59 Å². The van der Waals surface area contributed by atoms with Gasteiger partial charge in [-0.05, 0) is 53.9 Å². The molecule has 2 saturated carbocycles. The molecule has 0 saturated heterocycles. The van der Waals surface area contributed by atoms with Gasteiger partial charge in [-0.15, -0.1) is 0 Å². The number of benzene rings is 2. The Morgan fingerprint density at radius 2 is 1.57 bits per heavy atom. The quantitative estimate of drug-likeness (QED) is 0.522. The number of carboxylic acids is 1. The fraction of sp³-hybridized carbons (Fsp3) is 0.464. The summed E-state index contributed by atoms with van der Waals surface area (Å²) in [6.07, 6.45) is 4.72. The summed E-state index contributed by atoms with van der Waals surface area (Å²) in [5, 5.41) is 15.1. The third-order valence-electron chi connectivity index (χ3n) is 7.93. The van der Waals surface area contributed by atoms with Crippen molar-refractivity contribution in [1.29, 1.82) is 0 Å². The molecule has 2 atom stereocenters. The zero-order valence-electron chi connectivity index (χ0n) is 19.8. The Bertz CT molecular complexity index is 1080.